The lowest BCUT2D eigenvalue weighted by molar-refractivity contribution is -0.120. The van der Waals surface area contributed by atoms with E-state index in [0.29, 0.717) is 31.9 Å². The number of carbonyl (C=O) groups excluding carboxylic acids is 1. The Morgan fingerprint density at radius 3 is 2.12 bits per heavy atom. The summed E-state index contributed by atoms with van der Waals surface area (Å²) in [5, 5.41) is 2.32. The minimum atomic E-state index is -0.810. The van der Waals surface area contributed by atoms with Gasteiger partial charge < -0.3 is 10.2 Å². The van der Waals surface area contributed by atoms with Gasteiger partial charge >= 0.3 is 0 Å². The number of nitrogens with one attached hydrogen (secondary N) is 1. The summed E-state index contributed by atoms with van der Waals surface area (Å²) in [5.74, 6) is -2.38. The molecular formula is C19H20F3N3O. The summed E-state index contributed by atoms with van der Waals surface area (Å²) in [6.45, 7) is 3.90. The fourth-order valence-corrected chi connectivity index (χ4v) is 3.07. The highest BCUT2D eigenvalue weighted by atomic mass is 19.1. The van der Waals surface area contributed by atoms with Crippen LogP contribution < -0.4 is 10.2 Å². The van der Waals surface area contributed by atoms with E-state index in [2.05, 4.69) is 5.32 Å². The maximum Gasteiger partial charge on any atom is 0.241 e. The molecule has 0 radical (unpaired) electrons. The molecule has 1 aliphatic rings. The molecule has 0 unspecified atom stereocenters. The Morgan fingerprint density at radius 1 is 0.923 bits per heavy atom. The molecule has 7 heteroatoms. The van der Waals surface area contributed by atoms with E-state index in [9.17, 15) is 18.0 Å². The summed E-state index contributed by atoms with van der Waals surface area (Å²) in [6.07, 6.45) is 0. The minimum absolute atomic E-state index is 0.276. The number of anilines is 2. The van der Waals surface area contributed by atoms with Crippen molar-refractivity contribution in [2.24, 2.45) is 0 Å². The van der Waals surface area contributed by atoms with Crippen molar-refractivity contribution < 1.29 is 18.0 Å². The third-order valence-corrected chi connectivity index (χ3v) is 4.65. The molecule has 2 aromatic rings. The number of para-hydroxylation sites is 2. The van der Waals surface area contributed by atoms with Gasteiger partial charge in [-0.1, -0.05) is 18.2 Å². The largest absolute Gasteiger partial charge is 0.367 e. The number of carbonyl (C=O) groups is 1. The molecule has 1 saturated heterocycles. The summed E-state index contributed by atoms with van der Waals surface area (Å²) in [6, 6.07) is 9.44. The van der Waals surface area contributed by atoms with E-state index < -0.39 is 29.3 Å². The summed E-state index contributed by atoms with van der Waals surface area (Å²) in [5.41, 5.74) is 0.104. The van der Waals surface area contributed by atoms with E-state index in [1.807, 2.05) is 9.80 Å². The number of piperazine rings is 1. The van der Waals surface area contributed by atoms with Crippen molar-refractivity contribution in [1.82, 2.24) is 4.90 Å². The Balaban J connectivity index is 1.60. The van der Waals surface area contributed by atoms with Crippen LogP contribution >= 0.6 is 0 Å². The van der Waals surface area contributed by atoms with Crippen LogP contribution in [-0.2, 0) is 4.79 Å². The molecule has 0 bridgehead atoms. The molecule has 1 amide bonds. The zero-order valence-corrected chi connectivity index (χ0v) is 14.4. The molecular weight excluding hydrogens is 343 g/mol. The number of amides is 1. The smallest absolute Gasteiger partial charge is 0.241 e. The van der Waals surface area contributed by atoms with Crippen LogP contribution in [0.4, 0.5) is 24.5 Å². The fraction of sp³-hybridized carbons (Fsp3) is 0.316. The molecule has 3 rings (SSSR count). The van der Waals surface area contributed by atoms with Crippen LogP contribution in [0.2, 0.25) is 0 Å². The lowest BCUT2D eigenvalue weighted by atomic mass is 10.2. The van der Waals surface area contributed by atoms with Gasteiger partial charge in [0, 0.05) is 26.2 Å². The molecule has 4 nitrogen and oxygen atoms in total. The molecule has 1 N–H and O–H groups in total. The minimum Gasteiger partial charge on any atom is -0.367 e. The van der Waals surface area contributed by atoms with Crippen molar-refractivity contribution in [2.45, 2.75) is 13.0 Å². The van der Waals surface area contributed by atoms with Crippen LogP contribution in [0.15, 0.2) is 42.5 Å². The number of benzene rings is 2. The van der Waals surface area contributed by atoms with Crippen molar-refractivity contribution in [1.29, 1.82) is 0 Å². The summed E-state index contributed by atoms with van der Waals surface area (Å²) < 4.78 is 41.3. The molecule has 0 aromatic heterocycles. The highest BCUT2D eigenvalue weighted by Gasteiger charge is 2.27. The van der Waals surface area contributed by atoms with Crippen molar-refractivity contribution in [3.05, 3.63) is 59.9 Å². The van der Waals surface area contributed by atoms with Gasteiger partial charge in [-0.15, -0.1) is 0 Å². The molecule has 0 spiro atoms. The standard InChI is InChI=1S/C19H20F3N3O/c1-13(19(26)23-18-15(21)6-4-7-16(18)22)24-9-11-25(12-10-24)17-8-3-2-5-14(17)20/h2-8,13H,9-12H2,1H3,(H,23,26)/t13-/m1/s1. The molecule has 0 aliphatic carbocycles. The quantitative estimate of drug-likeness (QED) is 0.906. The van der Waals surface area contributed by atoms with Gasteiger partial charge in [-0.2, -0.15) is 0 Å². The molecule has 0 saturated carbocycles. The second kappa shape index (κ2) is 7.78. The van der Waals surface area contributed by atoms with E-state index in [1.165, 1.54) is 12.1 Å². The number of nitrogens with zero attached hydrogens (tertiary/aromatic N) is 2. The predicted octanol–water partition coefficient (Wildman–Crippen LogP) is 3.25. The maximum atomic E-state index is 13.9. The van der Waals surface area contributed by atoms with Gasteiger partial charge in [0.15, 0.2) is 0 Å². The Labute approximate surface area is 150 Å². The van der Waals surface area contributed by atoms with E-state index in [4.69, 9.17) is 0 Å². The Bertz CT molecular complexity index is 771. The van der Waals surface area contributed by atoms with E-state index in [1.54, 1.807) is 25.1 Å². The van der Waals surface area contributed by atoms with Crippen LogP contribution in [0.5, 0.6) is 0 Å². The monoisotopic (exact) mass is 363 g/mol. The topological polar surface area (TPSA) is 35.6 Å². The van der Waals surface area contributed by atoms with Gasteiger partial charge in [-0.3, -0.25) is 9.69 Å². The van der Waals surface area contributed by atoms with Crippen LogP contribution in [0.25, 0.3) is 0 Å². The Kier molecular flexibility index (Phi) is 5.46. The number of halogens is 3. The number of rotatable bonds is 4. The second-order valence-corrected chi connectivity index (χ2v) is 6.24. The first-order valence-corrected chi connectivity index (χ1v) is 8.46. The number of hydrogen-bond donors (Lipinski definition) is 1. The van der Waals surface area contributed by atoms with Gasteiger partial charge in [0.1, 0.15) is 23.1 Å². The molecule has 138 valence electrons. The van der Waals surface area contributed by atoms with Crippen LogP contribution in [-0.4, -0.2) is 43.0 Å². The third-order valence-electron chi connectivity index (χ3n) is 4.65. The number of hydrogen-bond acceptors (Lipinski definition) is 3. The predicted molar refractivity (Wildman–Crippen MR) is 94.6 cm³/mol. The summed E-state index contributed by atoms with van der Waals surface area (Å²) in [4.78, 5) is 16.2. The molecule has 26 heavy (non-hydrogen) atoms. The summed E-state index contributed by atoms with van der Waals surface area (Å²) in [7, 11) is 0. The average molecular weight is 363 g/mol. The zero-order valence-electron chi connectivity index (χ0n) is 14.4. The van der Waals surface area contributed by atoms with E-state index in [0.717, 1.165) is 12.1 Å². The second-order valence-electron chi connectivity index (χ2n) is 6.24. The Hall–Kier alpha value is -2.54. The zero-order chi connectivity index (χ0) is 18.7. The Morgan fingerprint density at radius 2 is 1.50 bits per heavy atom. The molecule has 1 fully saturated rings. The summed E-state index contributed by atoms with van der Waals surface area (Å²) >= 11 is 0. The normalized spacial score (nSPS) is 16.4. The van der Waals surface area contributed by atoms with Crippen LogP contribution in [0, 0.1) is 17.5 Å². The van der Waals surface area contributed by atoms with Crippen molar-refractivity contribution in [3.63, 3.8) is 0 Å². The maximum absolute atomic E-state index is 13.9. The third kappa shape index (κ3) is 3.83. The van der Waals surface area contributed by atoms with Gasteiger partial charge in [0.05, 0.1) is 11.7 Å². The first kappa shape index (κ1) is 18.3. The highest BCUT2D eigenvalue weighted by Crippen LogP contribution is 2.22. The van der Waals surface area contributed by atoms with E-state index >= 15 is 0 Å². The first-order chi connectivity index (χ1) is 12.5. The molecule has 1 aliphatic heterocycles. The van der Waals surface area contributed by atoms with Crippen molar-refractivity contribution in [3.8, 4) is 0 Å². The van der Waals surface area contributed by atoms with Gasteiger partial charge in [0.25, 0.3) is 0 Å². The van der Waals surface area contributed by atoms with Crippen molar-refractivity contribution >= 4 is 17.3 Å². The highest BCUT2D eigenvalue weighted by molar-refractivity contribution is 5.94. The lowest BCUT2D eigenvalue weighted by Gasteiger charge is -2.38. The van der Waals surface area contributed by atoms with Crippen LogP contribution in [0.3, 0.4) is 0 Å². The van der Waals surface area contributed by atoms with E-state index in [-0.39, 0.29) is 5.82 Å². The van der Waals surface area contributed by atoms with Gasteiger partial charge in [0.2, 0.25) is 5.91 Å². The first-order valence-electron chi connectivity index (χ1n) is 8.46. The average Bonchev–Trinajstić information content (AvgIpc) is 2.65. The molecule has 1 heterocycles. The fourth-order valence-electron chi connectivity index (χ4n) is 3.07. The van der Waals surface area contributed by atoms with Gasteiger partial charge in [-0.05, 0) is 31.2 Å². The van der Waals surface area contributed by atoms with Crippen molar-refractivity contribution in [2.75, 3.05) is 36.4 Å². The molecule has 1 atom stereocenters. The van der Waals surface area contributed by atoms with Gasteiger partial charge in [-0.25, -0.2) is 13.2 Å². The molecule has 2 aromatic carbocycles. The van der Waals surface area contributed by atoms with Crippen LogP contribution in [0.1, 0.15) is 6.92 Å². The lowest BCUT2D eigenvalue weighted by Crippen LogP contribution is -2.53. The SMILES string of the molecule is C[C@H](C(=O)Nc1c(F)cccc1F)N1CCN(c2ccccc2F)CC1.